The Morgan fingerprint density at radius 1 is 0.700 bits per heavy atom. The van der Waals surface area contributed by atoms with Gasteiger partial charge in [0.2, 0.25) is 0 Å². The molecule has 0 aliphatic rings. The summed E-state index contributed by atoms with van der Waals surface area (Å²) >= 11 is 0. The van der Waals surface area contributed by atoms with Crippen LogP contribution in [0.3, 0.4) is 0 Å². The fourth-order valence-electron chi connectivity index (χ4n) is 3.31. The van der Waals surface area contributed by atoms with Crippen molar-refractivity contribution in [2.75, 3.05) is 20.3 Å². The van der Waals surface area contributed by atoms with Crippen LogP contribution in [0.2, 0.25) is 0 Å². The zero-order valence-corrected chi connectivity index (χ0v) is 20.2. The quantitative estimate of drug-likeness (QED) is 0.152. The summed E-state index contributed by atoms with van der Waals surface area (Å²) in [4.78, 5) is 23.7. The first-order chi connectivity index (χ1) is 14.5. The molecule has 0 heterocycles. The van der Waals surface area contributed by atoms with Gasteiger partial charge < -0.3 is 14.2 Å². The number of carbonyl (C=O) groups excluding carboxylic acids is 2. The Labute approximate surface area is 185 Å². The molecule has 0 aliphatic heterocycles. The summed E-state index contributed by atoms with van der Waals surface area (Å²) in [5, 5.41) is 0. The number of hydrogen-bond donors (Lipinski definition) is 0. The van der Waals surface area contributed by atoms with Gasteiger partial charge in [-0.15, -0.1) is 0 Å². The Morgan fingerprint density at radius 3 is 1.83 bits per heavy atom. The number of rotatable bonds is 21. The lowest BCUT2D eigenvalue weighted by molar-refractivity contribution is -0.151. The van der Waals surface area contributed by atoms with E-state index < -0.39 is 0 Å². The van der Waals surface area contributed by atoms with Crippen LogP contribution in [0.15, 0.2) is 0 Å². The zero-order valence-electron chi connectivity index (χ0n) is 20.2. The van der Waals surface area contributed by atoms with Crippen LogP contribution in [0.5, 0.6) is 0 Å². The molecule has 0 aliphatic carbocycles. The van der Waals surface area contributed by atoms with Crippen molar-refractivity contribution in [3.05, 3.63) is 0 Å². The Balaban J connectivity index is 3.47. The number of methoxy groups -OCH3 is 1. The van der Waals surface area contributed by atoms with Gasteiger partial charge in [-0.2, -0.15) is 0 Å². The van der Waals surface area contributed by atoms with Gasteiger partial charge in [0.05, 0.1) is 6.61 Å². The molecule has 0 aromatic carbocycles. The topological polar surface area (TPSA) is 61.8 Å². The Kier molecular flexibility index (Phi) is 20.4. The maximum absolute atomic E-state index is 11.9. The van der Waals surface area contributed by atoms with Gasteiger partial charge >= 0.3 is 11.9 Å². The van der Waals surface area contributed by atoms with E-state index in [4.69, 9.17) is 14.2 Å². The Hall–Kier alpha value is -1.10. The summed E-state index contributed by atoms with van der Waals surface area (Å²) in [5.41, 5.74) is 0. The maximum Gasteiger partial charge on any atom is 0.306 e. The summed E-state index contributed by atoms with van der Waals surface area (Å²) in [6.45, 7) is 7.46. The molecule has 0 spiro atoms. The second kappa shape index (κ2) is 21.1. The van der Waals surface area contributed by atoms with Crippen LogP contribution in [0.25, 0.3) is 0 Å². The molecule has 0 aromatic heterocycles. The third kappa shape index (κ3) is 18.9. The lowest BCUT2D eigenvalue weighted by atomic mass is 10.0. The van der Waals surface area contributed by atoms with Crippen molar-refractivity contribution < 1.29 is 23.8 Å². The highest BCUT2D eigenvalue weighted by molar-refractivity contribution is 5.70. The average molecular weight is 429 g/mol. The standard InChI is InChI=1S/C25H48O5/c1-5-6-7-8-9-10-11-12-16-20-29-24(26)17-14-13-15-18-25(27)30-23(3)22(2)19-21-28-4/h22-23H,5-21H2,1-4H3. The molecule has 0 fully saturated rings. The SMILES string of the molecule is CCCCCCCCCCCOC(=O)CCCCCC(=O)OC(C)C(C)CCOC. The molecule has 0 saturated carbocycles. The van der Waals surface area contributed by atoms with Crippen molar-refractivity contribution in [1.82, 2.24) is 0 Å². The number of unbranched alkanes of at least 4 members (excludes halogenated alkanes) is 10. The molecule has 0 aromatic rings. The molecule has 178 valence electrons. The Bertz CT molecular complexity index is 410. The van der Waals surface area contributed by atoms with Crippen LogP contribution < -0.4 is 0 Å². The van der Waals surface area contributed by atoms with Crippen LogP contribution in [-0.2, 0) is 23.8 Å². The van der Waals surface area contributed by atoms with Crippen LogP contribution in [0, 0.1) is 5.92 Å². The van der Waals surface area contributed by atoms with Gasteiger partial charge in [0.15, 0.2) is 0 Å². The molecule has 0 N–H and O–H groups in total. The van der Waals surface area contributed by atoms with E-state index >= 15 is 0 Å². The van der Waals surface area contributed by atoms with Gasteiger partial charge in [-0.3, -0.25) is 9.59 Å². The molecule has 0 rings (SSSR count). The van der Waals surface area contributed by atoms with Gasteiger partial charge in [0.25, 0.3) is 0 Å². The van der Waals surface area contributed by atoms with Gasteiger partial charge in [0.1, 0.15) is 6.10 Å². The molecule has 5 heteroatoms. The molecule has 0 amide bonds. The molecule has 2 atom stereocenters. The monoisotopic (exact) mass is 428 g/mol. The molecular formula is C25H48O5. The van der Waals surface area contributed by atoms with Crippen LogP contribution in [-0.4, -0.2) is 38.4 Å². The first kappa shape index (κ1) is 28.9. The second-order valence-electron chi connectivity index (χ2n) is 8.56. The van der Waals surface area contributed by atoms with Crippen molar-refractivity contribution in [3.63, 3.8) is 0 Å². The maximum atomic E-state index is 11.9. The number of esters is 2. The van der Waals surface area contributed by atoms with Crippen molar-refractivity contribution in [2.45, 2.75) is 123 Å². The smallest absolute Gasteiger partial charge is 0.306 e. The third-order valence-corrected chi connectivity index (χ3v) is 5.67. The number of hydrogen-bond acceptors (Lipinski definition) is 5. The molecular weight excluding hydrogens is 380 g/mol. The fraction of sp³-hybridized carbons (Fsp3) is 0.920. The normalized spacial score (nSPS) is 13.1. The van der Waals surface area contributed by atoms with Crippen LogP contribution >= 0.6 is 0 Å². The number of ether oxygens (including phenoxy) is 3. The molecule has 2 unspecified atom stereocenters. The molecule has 0 saturated heterocycles. The van der Waals surface area contributed by atoms with Crippen molar-refractivity contribution in [1.29, 1.82) is 0 Å². The third-order valence-electron chi connectivity index (χ3n) is 5.67. The van der Waals surface area contributed by atoms with Gasteiger partial charge in [-0.05, 0) is 38.5 Å². The van der Waals surface area contributed by atoms with E-state index in [0.29, 0.717) is 26.1 Å². The summed E-state index contributed by atoms with van der Waals surface area (Å²) < 4.78 is 15.8. The summed E-state index contributed by atoms with van der Waals surface area (Å²) in [7, 11) is 1.68. The van der Waals surface area contributed by atoms with Gasteiger partial charge in [0, 0.05) is 26.6 Å². The van der Waals surface area contributed by atoms with Crippen LogP contribution in [0.1, 0.15) is 117 Å². The van der Waals surface area contributed by atoms with E-state index in [-0.39, 0.29) is 24.0 Å². The summed E-state index contributed by atoms with van der Waals surface area (Å²) in [6.07, 6.45) is 15.4. The second-order valence-corrected chi connectivity index (χ2v) is 8.56. The summed E-state index contributed by atoms with van der Waals surface area (Å²) in [6, 6.07) is 0. The van der Waals surface area contributed by atoms with E-state index in [2.05, 4.69) is 13.8 Å². The molecule has 5 nitrogen and oxygen atoms in total. The van der Waals surface area contributed by atoms with E-state index in [1.54, 1.807) is 7.11 Å². The summed E-state index contributed by atoms with van der Waals surface area (Å²) in [5.74, 6) is 0.0203. The number of carbonyl (C=O) groups is 2. The van der Waals surface area contributed by atoms with Crippen molar-refractivity contribution >= 4 is 11.9 Å². The highest BCUT2D eigenvalue weighted by Gasteiger charge is 2.16. The van der Waals surface area contributed by atoms with Crippen molar-refractivity contribution in [3.8, 4) is 0 Å². The van der Waals surface area contributed by atoms with E-state index in [9.17, 15) is 9.59 Å². The van der Waals surface area contributed by atoms with E-state index in [0.717, 1.165) is 38.5 Å². The molecule has 0 radical (unpaired) electrons. The predicted octanol–water partition coefficient (Wildman–Crippen LogP) is 6.62. The fourth-order valence-corrected chi connectivity index (χ4v) is 3.31. The average Bonchev–Trinajstić information content (AvgIpc) is 2.72. The highest BCUT2D eigenvalue weighted by Crippen LogP contribution is 2.14. The zero-order chi connectivity index (χ0) is 22.5. The van der Waals surface area contributed by atoms with E-state index in [1.807, 2.05) is 6.92 Å². The molecule has 30 heavy (non-hydrogen) atoms. The minimum atomic E-state index is -0.153. The van der Waals surface area contributed by atoms with Gasteiger partial charge in [-0.25, -0.2) is 0 Å². The first-order valence-electron chi connectivity index (χ1n) is 12.3. The largest absolute Gasteiger partial charge is 0.466 e. The van der Waals surface area contributed by atoms with Crippen molar-refractivity contribution in [2.24, 2.45) is 5.92 Å². The van der Waals surface area contributed by atoms with Gasteiger partial charge in [-0.1, -0.05) is 71.6 Å². The highest BCUT2D eigenvalue weighted by atomic mass is 16.5. The minimum absolute atomic E-state index is 0.0938. The first-order valence-corrected chi connectivity index (χ1v) is 12.3. The van der Waals surface area contributed by atoms with E-state index in [1.165, 1.54) is 44.9 Å². The molecule has 0 bridgehead atoms. The Morgan fingerprint density at radius 2 is 1.23 bits per heavy atom. The lowest BCUT2D eigenvalue weighted by Gasteiger charge is -2.20. The predicted molar refractivity (Wildman–Crippen MR) is 122 cm³/mol. The van der Waals surface area contributed by atoms with Crippen LogP contribution in [0.4, 0.5) is 0 Å². The lowest BCUT2D eigenvalue weighted by Crippen LogP contribution is -2.23. The minimum Gasteiger partial charge on any atom is -0.466 e.